The highest BCUT2D eigenvalue weighted by Crippen LogP contribution is 2.38. The molecule has 1 aromatic carbocycles. The molecular formula is C29H26N4O4S. The number of nitrogens with one attached hydrogen (secondary N) is 1. The Kier molecular flexibility index (Phi) is 6.46. The molecule has 5 rings (SSSR count). The number of rotatable bonds is 7. The second-order valence-corrected chi connectivity index (χ2v) is 11.4. The summed E-state index contributed by atoms with van der Waals surface area (Å²) in [7, 11) is -2.33. The minimum Gasteiger partial charge on any atom is -0.481 e. The van der Waals surface area contributed by atoms with E-state index in [4.69, 9.17) is 4.74 Å². The van der Waals surface area contributed by atoms with Crippen LogP contribution in [0.2, 0.25) is 0 Å². The van der Waals surface area contributed by atoms with Crippen molar-refractivity contribution in [3.63, 3.8) is 0 Å². The highest BCUT2D eigenvalue weighted by atomic mass is 32.2. The van der Waals surface area contributed by atoms with Crippen LogP contribution in [0.5, 0.6) is 5.88 Å². The first kappa shape index (κ1) is 25.2. The van der Waals surface area contributed by atoms with Gasteiger partial charge < -0.3 is 10.1 Å². The highest BCUT2D eigenvalue weighted by Gasteiger charge is 2.41. The lowest BCUT2D eigenvalue weighted by atomic mass is 9.91. The maximum Gasteiger partial charge on any atom is 0.249 e. The van der Waals surface area contributed by atoms with E-state index in [1.54, 1.807) is 63.0 Å². The normalized spacial score (nSPS) is 17.2. The SMILES string of the molecule is C=CC(=O)Nc1cccc(-c2cnc3c(ccn3S(=O)(=O)C3(C)C=CC=C(c4ccnc(OC)c4)C3)c2)c1. The lowest BCUT2D eigenvalue weighted by Crippen LogP contribution is -2.38. The largest absolute Gasteiger partial charge is 0.481 e. The van der Waals surface area contributed by atoms with E-state index >= 15 is 0 Å². The summed E-state index contributed by atoms with van der Waals surface area (Å²) in [6.07, 6.45) is 11.7. The second-order valence-electron chi connectivity index (χ2n) is 9.15. The second kappa shape index (κ2) is 9.75. The number of carbonyl (C=O) groups is 1. The average Bonchev–Trinajstić information content (AvgIpc) is 3.37. The number of benzene rings is 1. The summed E-state index contributed by atoms with van der Waals surface area (Å²) in [5.74, 6) is 0.164. The van der Waals surface area contributed by atoms with Gasteiger partial charge in [-0.1, -0.05) is 36.9 Å². The van der Waals surface area contributed by atoms with Gasteiger partial charge in [0.2, 0.25) is 21.8 Å². The first-order chi connectivity index (χ1) is 18.2. The Morgan fingerprint density at radius 3 is 2.76 bits per heavy atom. The Hall–Kier alpha value is -4.50. The molecule has 0 bridgehead atoms. The quantitative estimate of drug-likeness (QED) is 0.332. The topological polar surface area (TPSA) is 103 Å². The molecule has 3 aromatic heterocycles. The molecule has 38 heavy (non-hydrogen) atoms. The molecule has 4 aromatic rings. The fourth-order valence-corrected chi connectivity index (χ4v) is 6.15. The van der Waals surface area contributed by atoms with Gasteiger partial charge in [0.15, 0.2) is 5.65 Å². The van der Waals surface area contributed by atoms with Gasteiger partial charge in [-0.05, 0) is 66.5 Å². The molecule has 0 aliphatic heterocycles. The summed E-state index contributed by atoms with van der Waals surface area (Å²) in [6.45, 7) is 5.19. The Morgan fingerprint density at radius 1 is 1.13 bits per heavy atom. The predicted octanol–water partition coefficient (Wildman–Crippen LogP) is 5.21. The smallest absolute Gasteiger partial charge is 0.249 e. The van der Waals surface area contributed by atoms with Gasteiger partial charge in [-0.25, -0.2) is 22.4 Å². The van der Waals surface area contributed by atoms with Crippen LogP contribution in [0, 0.1) is 0 Å². The van der Waals surface area contributed by atoms with Crippen LogP contribution in [0.3, 0.4) is 0 Å². The maximum absolute atomic E-state index is 14.0. The molecule has 9 heteroatoms. The van der Waals surface area contributed by atoms with E-state index in [0.29, 0.717) is 22.6 Å². The van der Waals surface area contributed by atoms with Crippen molar-refractivity contribution in [1.29, 1.82) is 0 Å². The van der Waals surface area contributed by atoms with Crippen LogP contribution in [0.1, 0.15) is 18.9 Å². The minimum absolute atomic E-state index is 0.278. The van der Waals surface area contributed by atoms with Crippen LogP contribution in [-0.4, -0.2) is 40.1 Å². The number of hydrogen-bond acceptors (Lipinski definition) is 6. The van der Waals surface area contributed by atoms with Gasteiger partial charge in [0.1, 0.15) is 4.75 Å². The summed E-state index contributed by atoms with van der Waals surface area (Å²) in [5, 5.41) is 3.43. The van der Waals surface area contributed by atoms with Gasteiger partial charge in [-0.2, -0.15) is 0 Å². The zero-order valence-electron chi connectivity index (χ0n) is 21.0. The molecule has 8 nitrogen and oxygen atoms in total. The fourth-order valence-electron chi connectivity index (χ4n) is 4.51. The number of anilines is 1. The molecule has 3 heterocycles. The van der Waals surface area contributed by atoms with Gasteiger partial charge in [0.05, 0.1) is 7.11 Å². The molecule has 1 aliphatic carbocycles. The highest BCUT2D eigenvalue weighted by molar-refractivity contribution is 7.91. The number of amides is 1. The Labute approximate surface area is 221 Å². The zero-order valence-corrected chi connectivity index (χ0v) is 21.8. The number of hydrogen-bond donors (Lipinski definition) is 1. The molecule has 1 amide bonds. The van der Waals surface area contributed by atoms with Crippen LogP contribution < -0.4 is 10.1 Å². The summed E-state index contributed by atoms with van der Waals surface area (Å²) in [6, 6.07) is 14.6. The van der Waals surface area contributed by atoms with Crippen molar-refractivity contribution in [3.8, 4) is 17.0 Å². The molecule has 0 saturated heterocycles. The first-order valence-electron chi connectivity index (χ1n) is 11.9. The van der Waals surface area contributed by atoms with E-state index in [2.05, 4.69) is 21.9 Å². The van der Waals surface area contributed by atoms with Crippen LogP contribution in [0.25, 0.3) is 27.7 Å². The van der Waals surface area contributed by atoms with Crippen LogP contribution in [0.15, 0.2) is 98.0 Å². The van der Waals surface area contributed by atoms with E-state index in [0.717, 1.165) is 22.3 Å². The molecule has 1 aliphatic rings. The molecule has 1 N–H and O–H groups in total. The third kappa shape index (κ3) is 4.52. The minimum atomic E-state index is -3.88. The maximum atomic E-state index is 14.0. The summed E-state index contributed by atoms with van der Waals surface area (Å²) < 4.78 is 33.2. The van der Waals surface area contributed by atoms with Crippen molar-refractivity contribution in [2.45, 2.75) is 18.1 Å². The molecule has 192 valence electrons. The Bertz CT molecular complexity index is 1740. The van der Waals surface area contributed by atoms with E-state index in [1.165, 1.54) is 10.0 Å². The standard InChI is InChI=1S/C29H26N4O4S/c1-4-26(34)32-25-9-5-7-20(16-25)24-15-22-11-14-33(28(22)31-19-24)38(35,36)29(2)12-6-8-23(18-29)21-10-13-30-27(17-21)37-3/h4-17,19H,1,18H2,2-3H3,(H,32,34). The molecule has 1 atom stereocenters. The van der Waals surface area contributed by atoms with Gasteiger partial charge in [-0.15, -0.1) is 0 Å². The monoisotopic (exact) mass is 526 g/mol. The van der Waals surface area contributed by atoms with Crippen LogP contribution >= 0.6 is 0 Å². The first-order valence-corrected chi connectivity index (χ1v) is 13.3. The van der Waals surface area contributed by atoms with Crippen LogP contribution in [0.4, 0.5) is 5.69 Å². The summed E-state index contributed by atoms with van der Waals surface area (Å²) in [4.78, 5) is 20.3. The number of carbonyl (C=O) groups excluding carboxylic acids is 1. The van der Waals surface area contributed by atoms with Gasteiger partial charge in [-0.3, -0.25) is 4.79 Å². The van der Waals surface area contributed by atoms with Crippen molar-refractivity contribution in [2.24, 2.45) is 0 Å². The Balaban J connectivity index is 1.47. The number of nitrogens with zero attached hydrogens (tertiary/aromatic N) is 3. The van der Waals surface area contributed by atoms with E-state index in [1.807, 2.05) is 36.4 Å². The number of ether oxygens (including phenoxy) is 1. The number of fused-ring (bicyclic) bond motifs is 1. The Morgan fingerprint density at radius 2 is 1.97 bits per heavy atom. The number of aromatic nitrogens is 3. The summed E-state index contributed by atoms with van der Waals surface area (Å²) in [5.41, 5.74) is 4.33. The van der Waals surface area contributed by atoms with Crippen molar-refractivity contribution in [2.75, 3.05) is 12.4 Å². The van der Waals surface area contributed by atoms with Gasteiger partial charge >= 0.3 is 0 Å². The molecule has 1 unspecified atom stereocenters. The number of pyridine rings is 2. The fraction of sp³-hybridized carbons (Fsp3) is 0.138. The third-order valence-corrected chi connectivity index (χ3v) is 8.86. The number of methoxy groups -OCH3 is 1. The lowest BCUT2D eigenvalue weighted by molar-refractivity contribution is -0.111. The predicted molar refractivity (Wildman–Crippen MR) is 149 cm³/mol. The van der Waals surface area contributed by atoms with E-state index < -0.39 is 14.8 Å². The van der Waals surface area contributed by atoms with Crippen molar-refractivity contribution in [1.82, 2.24) is 13.9 Å². The van der Waals surface area contributed by atoms with Gasteiger partial charge in [0, 0.05) is 41.3 Å². The number of allylic oxidation sites excluding steroid dienone is 3. The van der Waals surface area contributed by atoms with Gasteiger partial charge in [0.25, 0.3) is 0 Å². The van der Waals surface area contributed by atoms with Crippen molar-refractivity contribution >= 4 is 38.2 Å². The molecular weight excluding hydrogens is 500 g/mol. The molecule has 0 fully saturated rings. The van der Waals surface area contributed by atoms with Crippen molar-refractivity contribution < 1.29 is 17.9 Å². The van der Waals surface area contributed by atoms with Crippen molar-refractivity contribution in [3.05, 3.63) is 104 Å². The van der Waals surface area contributed by atoms with E-state index in [-0.39, 0.29) is 12.3 Å². The molecule has 0 spiro atoms. The molecule has 0 saturated carbocycles. The molecule has 0 radical (unpaired) electrons. The van der Waals surface area contributed by atoms with E-state index in [9.17, 15) is 13.2 Å². The zero-order chi connectivity index (χ0) is 26.9. The average molecular weight is 527 g/mol. The lowest BCUT2D eigenvalue weighted by Gasteiger charge is -2.30. The van der Waals surface area contributed by atoms with Crippen LogP contribution in [-0.2, 0) is 14.8 Å². The summed E-state index contributed by atoms with van der Waals surface area (Å²) >= 11 is 0. The third-order valence-electron chi connectivity index (χ3n) is 6.59.